The predicted octanol–water partition coefficient (Wildman–Crippen LogP) is -0.873. The molecule has 52 valence electrons. The number of fused-ring (bicyclic) bond motifs is 1. The lowest BCUT2D eigenvalue weighted by Gasteiger charge is -2.12. The summed E-state index contributed by atoms with van der Waals surface area (Å²) in [5, 5.41) is 17.9. The van der Waals surface area contributed by atoms with Gasteiger partial charge in [-0.25, -0.2) is 0 Å². The lowest BCUT2D eigenvalue weighted by atomic mass is 10.1. The largest absolute Gasteiger partial charge is 0.396 e. The molecule has 0 unspecified atom stereocenters. The van der Waals surface area contributed by atoms with Gasteiger partial charge in [-0.15, -0.1) is 0 Å². The van der Waals surface area contributed by atoms with Gasteiger partial charge < -0.3 is 14.9 Å². The lowest BCUT2D eigenvalue weighted by Crippen LogP contribution is -2.23. The van der Waals surface area contributed by atoms with Gasteiger partial charge in [0.15, 0.2) is 0 Å². The Labute approximate surface area is 53.3 Å². The third kappa shape index (κ3) is 0.689. The third-order valence-electron chi connectivity index (χ3n) is 2.21. The summed E-state index contributed by atoms with van der Waals surface area (Å²) >= 11 is 0. The first-order chi connectivity index (χ1) is 4.33. The van der Waals surface area contributed by atoms with Gasteiger partial charge in [0.1, 0.15) is 6.10 Å². The Bertz CT molecular complexity index is 125. The highest BCUT2D eigenvalue weighted by molar-refractivity contribution is 5.02. The number of aliphatic hydroxyl groups is 2. The predicted molar refractivity (Wildman–Crippen MR) is 29.9 cm³/mol. The lowest BCUT2D eigenvalue weighted by molar-refractivity contribution is 0.0397. The van der Waals surface area contributed by atoms with Crippen molar-refractivity contribution in [1.82, 2.24) is 0 Å². The Morgan fingerprint density at radius 2 is 2.33 bits per heavy atom. The molecule has 3 heteroatoms. The SMILES string of the molecule is OC[C@@H]1C[C@@H]2O[C@@H]2[C@@H]1O. The second-order valence-corrected chi connectivity index (χ2v) is 2.81. The standard InChI is InChI=1S/C6H10O3/c7-2-3-1-4-6(9-4)5(3)8/h3-8H,1-2H2/t3-,4-,5+,6-/m0/s1. The molecule has 0 aromatic heterocycles. The van der Waals surface area contributed by atoms with Crippen LogP contribution in [-0.2, 0) is 4.74 Å². The van der Waals surface area contributed by atoms with E-state index in [4.69, 9.17) is 9.84 Å². The van der Waals surface area contributed by atoms with Crippen LogP contribution in [0.25, 0.3) is 0 Å². The summed E-state index contributed by atoms with van der Waals surface area (Å²) in [6.45, 7) is 0.0948. The summed E-state index contributed by atoms with van der Waals surface area (Å²) in [6.07, 6.45) is 0.752. The van der Waals surface area contributed by atoms with Crippen LogP contribution in [0.15, 0.2) is 0 Å². The molecule has 2 aliphatic rings. The minimum atomic E-state index is -0.403. The minimum absolute atomic E-state index is 0.0575. The van der Waals surface area contributed by atoms with Crippen molar-refractivity contribution in [3.8, 4) is 0 Å². The molecule has 2 rings (SSSR count). The average molecular weight is 130 g/mol. The first-order valence-electron chi connectivity index (χ1n) is 3.27. The van der Waals surface area contributed by atoms with Crippen LogP contribution in [0.2, 0.25) is 0 Å². The van der Waals surface area contributed by atoms with E-state index in [1.807, 2.05) is 0 Å². The minimum Gasteiger partial charge on any atom is -0.396 e. The van der Waals surface area contributed by atoms with Gasteiger partial charge in [0.25, 0.3) is 0 Å². The summed E-state index contributed by atoms with van der Waals surface area (Å²) in [5.74, 6) is 0.0775. The highest BCUT2D eigenvalue weighted by atomic mass is 16.6. The summed E-state index contributed by atoms with van der Waals surface area (Å²) in [4.78, 5) is 0. The zero-order valence-electron chi connectivity index (χ0n) is 5.03. The van der Waals surface area contributed by atoms with E-state index in [0.29, 0.717) is 0 Å². The van der Waals surface area contributed by atoms with Crippen molar-refractivity contribution in [3.05, 3.63) is 0 Å². The second kappa shape index (κ2) is 1.68. The van der Waals surface area contributed by atoms with E-state index >= 15 is 0 Å². The van der Waals surface area contributed by atoms with Crippen molar-refractivity contribution in [2.45, 2.75) is 24.7 Å². The molecule has 3 nitrogen and oxygen atoms in total. The Balaban J connectivity index is 1.99. The fourth-order valence-electron chi connectivity index (χ4n) is 1.54. The summed E-state index contributed by atoms with van der Waals surface area (Å²) in [6, 6.07) is 0. The molecule has 1 aliphatic heterocycles. The molecule has 9 heavy (non-hydrogen) atoms. The van der Waals surface area contributed by atoms with Gasteiger partial charge in [-0.3, -0.25) is 0 Å². The zero-order chi connectivity index (χ0) is 6.43. The maximum atomic E-state index is 9.21. The van der Waals surface area contributed by atoms with Crippen LogP contribution < -0.4 is 0 Å². The molecule has 0 aromatic carbocycles. The van der Waals surface area contributed by atoms with E-state index < -0.39 is 6.10 Å². The molecule has 1 heterocycles. The molecule has 0 aromatic rings. The van der Waals surface area contributed by atoms with Crippen molar-refractivity contribution in [3.63, 3.8) is 0 Å². The van der Waals surface area contributed by atoms with Crippen molar-refractivity contribution in [1.29, 1.82) is 0 Å². The van der Waals surface area contributed by atoms with Crippen molar-refractivity contribution in [2.24, 2.45) is 5.92 Å². The number of ether oxygens (including phenoxy) is 1. The second-order valence-electron chi connectivity index (χ2n) is 2.81. The highest BCUT2D eigenvalue weighted by Crippen LogP contribution is 2.41. The van der Waals surface area contributed by atoms with Crippen LogP contribution in [0.4, 0.5) is 0 Å². The van der Waals surface area contributed by atoms with Gasteiger partial charge in [-0.2, -0.15) is 0 Å². The van der Waals surface area contributed by atoms with Gasteiger partial charge >= 0.3 is 0 Å². The Morgan fingerprint density at radius 1 is 1.56 bits per heavy atom. The van der Waals surface area contributed by atoms with E-state index in [1.54, 1.807) is 0 Å². The molecular formula is C6H10O3. The molecule has 2 N–H and O–H groups in total. The number of aliphatic hydroxyl groups excluding tert-OH is 2. The molecule has 1 aliphatic carbocycles. The van der Waals surface area contributed by atoms with E-state index in [0.717, 1.165) is 6.42 Å². The van der Waals surface area contributed by atoms with E-state index in [1.165, 1.54) is 0 Å². The fourth-order valence-corrected chi connectivity index (χ4v) is 1.54. The maximum absolute atomic E-state index is 9.21. The van der Waals surface area contributed by atoms with Gasteiger partial charge in [-0.1, -0.05) is 0 Å². The average Bonchev–Trinajstić information content (AvgIpc) is 2.55. The van der Waals surface area contributed by atoms with E-state index in [-0.39, 0.29) is 24.7 Å². The van der Waals surface area contributed by atoms with Crippen LogP contribution in [0.5, 0.6) is 0 Å². The van der Waals surface area contributed by atoms with Crippen LogP contribution in [0.3, 0.4) is 0 Å². The zero-order valence-corrected chi connectivity index (χ0v) is 5.03. The molecule has 1 saturated carbocycles. The molecule has 0 radical (unpaired) electrons. The number of hydrogen-bond donors (Lipinski definition) is 2. The Kier molecular flexibility index (Phi) is 1.06. The number of hydrogen-bond acceptors (Lipinski definition) is 3. The molecule has 0 amide bonds. The van der Waals surface area contributed by atoms with Gasteiger partial charge in [0, 0.05) is 12.5 Å². The molecule has 1 saturated heterocycles. The molecule has 4 atom stereocenters. The van der Waals surface area contributed by atoms with Crippen LogP contribution in [0, 0.1) is 5.92 Å². The Hall–Kier alpha value is -0.120. The van der Waals surface area contributed by atoms with Gasteiger partial charge in [-0.05, 0) is 6.42 Å². The van der Waals surface area contributed by atoms with Crippen molar-refractivity contribution >= 4 is 0 Å². The van der Waals surface area contributed by atoms with Gasteiger partial charge in [0.05, 0.1) is 12.2 Å². The van der Waals surface area contributed by atoms with Crippen LogP contribution in [-0.4, -0.2) is 35.1 Å². The first-order valence-corrected chi connectivity index (χ1v) is 3.27. The molecule has 0 spiro atoms. The summed E-state index contributed by atoms with van der Waals surface area (Å²) in [7, 11) is 0. The normalized spacial score (nSPS) is 55.3. The molecule has 2 fully saturated rings. The maximum Gasteiger partial charge on any atom is 0.110 e. The number of epoxide rings is 1. The van der Waals surface area contributed by atoms with Crippen molar-refractivity contribution < 1.29 is 14.9 Å². The van der Waals surface area contributed by atoms with Crippen LogP contribution >= 0.6 is 0 Å². The van der Waals surface area contributed by atoms with E-state index in [2.05, 4.69) is 0 Å². The highest BCUT2D eigenvalue weighted by Gasteiger charge is 2.54. The molecular weight excluding hydrogens is 120 g/mol. The van der Waals surface area contributed by atoms with Gasteiger partial charge in [0.2, 0.25) is 0 Å². The first kappa shape index (κ1) is 5.65. The smallest absolute Gasteiger partial charge is 0.110 e. The fraction of sp³-hybridized carbons (Fsp3) is 1.00. The number of rotatable bonds is 1. The topological polar surface area (TPSA) is 53.0 Å². The monoisotopic (exact) mass is 130 g/mol. The Morgan fingerprint density at radius 3 is 2.67 bits per heavy atom. The quantitative estimate of drug-likeness (QED) is 0.453. The van der Waals surface area contributed by atoms with Crippen LogP contribution in [0.1, 0.15) is 6.42 Å². The van der Waals surface area contributed by atoms with E-state index in [9.17, 15) is 5.11 Å². The molecule has 0 bridgehead atoms. The third-order valence-corrected chi connectivity index (χ3v) is 2.21. The summed E-state index contributed by atoms with van der Waals surface area (Å²) < 4.78 is 5.04. The summed E-state index contributed by atoms with van der Waals surface area (Å²) in [5.41, 5.74) is 0. The van der Waals surface area contributed by atoms with Crippen molar-refractivity contribution in [2.75, 3.05) is 6.61 Å².